The molecule has 3 heterocycles. The Bertz CT molecular complexity index is 783. The predicted octanol–water partition coefficient (Wildman–Crippen LogP) is 2.50. The molecule has 1 N–H and O–H groups in total. The van der Waals surface area contributed by atoms with Gasteiger partial charge in [0, 0.05) is 25.3 Å². The van der Waals surface area contributed by atoms with Gasteiger partial charge in [-0.2, -0.15) is 10.3 Å². The van der Waals surface area contributed by atoms with E-state index in [4.69, 9.17) is 9.47 Å². The molecular formula is C18H22N4O3S. The summed E-state index contributed by atoms with van der Waals surface area (Å²) in [6.45, 7) is 4.07. The van der Waals surface area contributed by atoms with Crippen molar-refractivity contribution in [3.05, 3.63) is 30.0 Å². The minimum atomic E-state index is 0.0696. The zero-order chi connectivity index (χ0) is 18.0. The summed E-state index contributed by atoms with van der Waals surface area (Å²) in [5, 5.41) is 11.3. The first-order valence-corrected chi connectivity index (χ1v) is 9.75. The topological polar surface area (TPSA) is 80.3 Å². The third-order valence-electron chi connectivity index (χ3n) is 4.94. The van der Waals surface area contributed by atoms with Crippen LogP contribution in [0.2, 0.25) is 0 Å². The number of likely N-dealkylation sites (tertiary alicyclic amines) is 1. The van der Waals surface area contributed by atoms with Gasteiger partial charge in [0.1, 0.15) is 5.03 Å². The number of nitrogens with zero attached hydrogens (tertiary/aromatic N) is 3. The van der Waals surface area contributed by atoms with Crippen molar-refractivity contribution in [2.24, 2.45) is 5.41 Å². The monoisotopic (exact) mass is 374 g/mol. The number of aromatic amines is 1. The molecule has 1 saturated heterocycles. The lowest BCUT2D eigenvalue weighted by atomic mass is 9.76. The van der Waals surface area contributed by atoms with Crippen LogP contribution in [-0.4, -0.2) is 51.9 Å². The van der Waals surface area contributed by atoms with E-state index in [1.165, 1.54) is 5.56 Å². The highest BCUT2D eigenvalue weighted by molar-refractivity contribution is 7.99. The number of rotatable bonds is 6. The van der Waals surface area contributed by atoms with Crippen LogP contribution >= 0.6 is 11.8 Å². The van der Waals surface area contributed by atoms with Gasteiger partial charge < -0.3 is 14.4 Å². The molecule has 0 unspecified atom stereocenters. The average molecular weight is 374 g/mol. The number of carbonyl (C=O) groups excluding carboxylic acids is 1. The number of hydrogen-bond donors (Lipinski definition) is 1. The van der Waals surface area contributed by atoms with Crippen molar-refractivity contribution < 1.29 is 14.3 Å². The number of amides is 1. The van der Waals surface area contributed by atoms with Crippen LogP contribution in [0.4, 0.5) is 0 Å². The van der Waals surface area contributed by atoms with Gasteiger partial charge in [0.15, 0.2) is 11.5 Å². The Morgan fingerprint density at radius 2 is 2.23 bits per heavy atom. The number of carbonyl (C=O) groups is 1. The highest BCUT2D eigenvalue weighted by atomic mass is 32.2. The fraction of sp³-hybridized carbons (Fsp3) is 0.500. The molecule has 7 nitrogen and oxygen atoms in total. The Kier molecular flexibility index (Phi) is 4.76. The molecule has 1 atom stereocenters. The maximum Gasteiger partial charge on any atom is 0.231 e. The van der Waals surface area contributed by atoms with Gasteiger partial charge in [0.05, 0.1) is 6.20 Å². The molecule has 0 radical (unpaired) electrons. The molecule has 138 valence electrons. The van der Waals surface area contributed by atoms with Gasteiger partial charge in [-0.3, -0.25) is 4.79 Å². The van der Waals surface area contributed by atoms with Gasteiger partial charge in [-0.05, 0) is 36.0 Å². The molecule has 0 spiro atoms. The van der Waals surface area contributed by atoms with E-state index in [1.54, 1.807) is 18.0 Å². The SMILES string of the molecule is C[C@@]1(Cc2ccc3c(c2)OCO3)CCC(=O)N(CCSc2cn[nH]n2)C1. The number of thioether (sulfide) groups is 1. The first-order valence-electron chi connectivity index (χ1n) is 8.76. The molecular weight excluding hydrogens is 352 g/mol. The van der Waals surface area contributed by atoms with Crippen LogP contribution in [0.15, 0.2) is 29.4 Å². The minimum Gasteiger partial charge on any atom is -0.454 e. The van der Waals surface area contributed by atoms with E-state index in [1.807, 2.05) is 11.0 Å². The van der Waals surface area contributed by atoms with Gasteiger partial charge in [-0.1, -0.05) is 13.0 Å². The van der Waals surface area contributed by atoms with E-state index in [2.05, 4.69) is 34.5 Å². The van der Waals surface area contributed by atoms with Crippen molar-refractivity contribution in [1.29, 1.82) is 0 Å². The first-order chi connectivity index (χ1) is 12.6. The fourth-order valence-corrected chi connectivity index (χ4v) is 4.36. The van der Waals surface area contributed by atoms with E-state index >= 15 is 0 Å². The summed E-state index contributed by atoms with van der Waals surface area (Å²) in [6.07, 6.45) is 4.14. The van der Waals surface area contributed by atoms with Crippen molar-refractivity contribution in [1.82, 2.24) is 20.3 Å². The number of ether oxygens (including phenoxy) is 2. The van der Waals surface area contributed by atoms with Crippen molar-refractivity contribution in [3.63, 3.8) is 0 Å². The second-order valence-electron chi connectivity index (χ2n) is 7.15. The average Bonchev–Trinajstić information content (AvgIpc) is 3.29. The van der Waals surface area contributed by atoms with Crippen LogP contribution in [0, 0.1) is 5.41 Å². The summed E-state index contributed by atoms with van der Waals surface area (Å²) in [7, 11) is 0. The summed E-state index contributed by atoms with van der Waals surface area (Å²) >= 11 is 1.61. The molecule has 8 heteroatoms. The lowest BCUT2D eigenvalue weighted by Gasteiger charge is -2.40. The van der Waals surface area contributed by atoms with Gasteiger partial charge in [-0.15, -0.1) is 16.9 Å². The predicted molar refractivity (Wildman–Crippen MR) is 97.3 cm³/mol. The molecule has 1 aromatic heterocycles. The second-order valence-corrected chi connectivity index (χ2v) is 8.26. The van der Waals surface area contributed by atoms with E-state index in [0.29, 0.717) is 13.2 Å². The number of aromatic nitrogens is 3. The van der Waals surface area contributed by atoms with Crippen LogP contribution in [0.25, 0.3) is 0 Å². The summed E-state index contributed by atoms with van der Waals surface area (Å²) in [5.74, 6) is 2.69. The maximum atomic E-state index is 12.3. The minimum absolute atomic E-state index is 0.0696. The lowest BCUT2D eigenvalue weighted by molar-refractivity contribution is -0.136. The third-order valence-corrected chi connectivity index (χ3v) is 5.82. The quantitative estimate of drug-likeness (QED) is 0.783. The third kappa shape index (κ3) is 3.80. The second kappa shape index (κ2) is 7.19. The van der Waals surface area contributed by atoms with E-state index in [-0.39, 0.29) is 11.3 Å². The molecule has 0 aliphatic carbocycles. The van der Waals surface area contributed by atoms with Crippen molar-refractivity contribution >= 4 is 17.7 Å². The number of nitrogens with one attached hydrogen (secondary N) is 1. The van der Waals surface area contributed by atoms with Gasteiger partial charge in [0.25, 0.3) is 0 Å². The van der Waals surface area contributed by atoms with Gasteiger partial charge in [0.2, 0.25) is 12.7 Å². The normalized spacial score (nSPS) is 22.0. The Morgan fingerprint density at radius 1 is 1.35 bits per heavy atom. The number of piperidine rings is 1. The number of fused-ring (bicyclic) bond motifs is 1. The molecule has 2 aliphatic heterocycles. The lowest BCUT2D eigenvalue weighted by Crippen LogP contribution is -2.47. The van der Waals surface area contributed by atoms with Crippen LogP contribution < -0.4 is 9.47 Å². The summed E-state index contributed by atoms with van der Waals surface area (Å²) < 4.78 is 10.9. The Hall–Kier alpha value is -2.22. The smallest absolute Gasteiger partial charge is 0.231 e. The molecule has 1 amide bonds. The maximum absolute atomic E-state index is 12.3. The molecule has 2 aliphatic rings. The number of hydrogen-bond acceptors (Lipinski definition) is 6. The van der Waals surface area contributed by atoms with Crippen molar-refractivity contribution in [2.45, 2.75) is 31.2 Å². The van der Waals surface area contributed by atoms with E-state index < -0.39 is 0 Å². The summed E-state index contributed by atoms with van der Waals surface area (Å²) in [6, 6.07) is 6.13. The molecule has 1 fully saturated rings. The largest absolute Gasteiger partial charge is 0.454 e. The summed E-state index contributed by atoms with van der Waals surface area (Å²) in [4.78, 5) is 14.3. The standard InChI is InChI=1S/C18H22N4O3S/c1-18(9-13-2-3-14-15(8-13)25-12-24-14)5-4-17(23)22(11-18)6-7-26-16-10-19-21-20-16/h2-3,8,10H,4-7,9,11-12H2,1H3,(H,19,20,21)/t18-/m0/s1. The molecule has 2 aromatic rings. The zero-order valence-corrected chi connectivity index (χ0v) is 15.6. The van der Waals surface area contributed by atoms with Crippen LogP contribution in [-0.2, 0) is 11.2 Å². The zero-order valence-electron chi connectivity index (χ0n) is 14.7. The number of benzene rings is 1. The van der Waals surface area contributed by atoms with Crippen molar-refractivity contribution in [2.75, 3.05) is 25.6 Å². The van der Waals surface area contributed by atoms with Crippen LogP contribution in [0.3, 0.4) is 0 Å². The Balaban J connectivity index is 1.37. The molecule has 26 heavy (non-hydrogen) atoms. The highest BCUT2D eigenvalue weighted by Gasteiger charge is 2.35. The van der Waals surface area contributed by atoms with Crippen LogP contribution in [0.5, 0.6) is 11.5 Å². The summed E-state index contributed by atoms with van der Waals surface area (Å²) in [5.41, 5.74) is 1.29. The van der Waals surface area contributed by atoms with Crippen molar-refractivity contribution in [3.8, 4) is 11.5 Å². The van der Waals surface area contributed by atoms with Gasteiger partial charge in [-0.25, -0.2) is 0 Å². The fourth-order valence-electron chi connectivity index (χ4n) is 3.61. The molecule has 1 aromatic carbocycles. The molecule has 0 bridgehead atoms. The first kappa shape index (κ1) is 17.2. The molecule has 0 saturated carbocycles. The van der Waals surface area contributed by atoms with Crippen LogP contribution in [0.1, 0.15) is 25.3 Å². The Labute approximate surface area is 156 Å². The number of H-pyrrole nitrogens is 1. The Morgan fingerprint density at radius 3 is 3.08 bits per heavy atom. The highest BCUT2D eigenvalue weighted by Crippen LogP contribution is 2.38. The van der Waals surface area contributed by atoms with E-state index in [9.17, 15) is 4.79 Å². The van der Waals surface area contributed by atoms with Gasteiger partial charge >= 0.3 is 0 Å². The molecule has 4 rings (SSSR count). The van der Waals surface area contributed by atoms with E-state index in [0.717, 1.165) is 48.2 Å².